The number of amides is 1. The maximum atomic E-state index is 13.0. The third-order valence-corrected chi connectivity index (χ3v) is 5.20. The summed E-state index contributed by atoms with van der Waals surface area (Å²) in [5, 5.41) is 0. The van der Waals surface area contributed by atoms with Crippen LogP contribution in [0.25, 0.3) is 0 Å². The fourth-order valence-corrected chi connectivity index (χ4v) is 3.44. The van der Waals surface area contributed by atoms with Crippen LogP contribution >= 0.6 is 15.9 Å². The minimum Gasteiger partial charge on any atom is -0.345 e. The third kappa shape index (κ3) is 4.89. The zero-order valence-corrected chi connectivity index (χ0v) is 17.6. The van der Waals surface area contributed by atoms with E-state index in [4.69, 9.17) is 0 Å². The molecular formula is C23H25BrN2O. The van der Waals surface area contributed by atoms with E-state index in [0.29, 0.717) is 12.1 Å². The molecule has 1 aromatic heterocycles. The van der Waals surface area contributed by atoms with Gasteiger partial charge in [0.15, 0.2) is 0 Å². The van der Waals surface area contributed by atoms with Crippen LogP contribution in [0.3, 0.4) is 0 Å². The lowest BCUT2D eigenvalue weighted by molar-refractivity contribution is 0.0686. The summed E-state index contributed by atoms with van der Waals surface area (Å²) < 4.78 is 3.20. The summed E-state index contributed by atoms with van der Waals surface area (Å²) in [6, 6.07) is 20.4. The van der Waals surface area contributed by atoms with E-state index in [1.807, 2.05) is 35.2 Å². The van der Waals surface area contributed by atoms with Crippen molar-refractivity contribution < 1.29 is 4.79 Å². The van der Waals surface area contributed by atoms with Crippen molar-refractivity contribution in [2.24, 2.45) is 0 Å². The first kappa shape index (κ1) is 19.4. The fourth-order valence-electron chi connectivity index (χ4n) is 3.18. The molecule has 3 rings (SSSR count). The van der Waals surface area contributed by atoms with Crippen LogP contribution in [0.4, 0.5) is 0 Å². The number of hydrogen-bond donors (Lipinski definition) is 0. The molecule has 0 atom stereocenters. The van der Waals surface area contributed by atoms with Crippen LogP contribution in [-0.2, 0) is 13.1 Å². The molecule has 0 aliphatic rings. The van der Waals surface area contributed by atoms with Crippen molar-refractivity contribution in [1.29, 1.82) is 0 Å². The van der Waals surface area contributed by atoms with Gasteiger partial charge in [0.25, 0.3) is 5.91 Å². The number of carbonyl (C=O) groups excluding carboxylic acids is 1. The largest absolute Gasteiger partial charge is 0.345 e. The Hall–Kier alpha value is -2.33. The van der Waals surface area contributed by atoms with Crippen molar-refractivity contribution in [2.45, 2.75) is 39.9 Å². The smallest absolute Gasteiger partial charge is 0.254 e. The van der Waals surface area contributed by atoms with Crippen LogP contribution < -0.4 is 0 Å². The first-order valence-electron chi connectivity index (χ1n) is 9.20. The molecule has 1 heterocycles. The maximum absolute atomic E-state index is 13.0. The minimum absolute atomic E-state index is 0.0563. The lowest BCUT2D eigenvalue weighted by Gasteiger charge is -2.27. The summed E-state index contributed by atoms with van der Waals surface area (Å²) in [5.74, 6) is 0.0563. The number of halogens is 1. The Morgan fingerprint density at radius 3 is 2.48 bits per heavy atom. The number of nitrogens with zero attached hydrogens (tertiary/aromatic N) is 2. The molecule has 0 N–H and O–H groups in total. The highest BCUT2D eigenvalue weighted by molar-refractivity contribution is 9.10. The summed E-state index contributed by atoms with van der Waals surface area (Å²) in [7, 11) is 0. The fraction of sp³-hybridized carbons (Fsp3) is 0.261. The van der Waals surface area contributed by atoms with E-state index in [1.165, 1.54) is 11.1 Å². The second-order valence-electron chi connectivity index (χ2n) is 7.15. The number of hydrogen-bond acceptors (Lipinski definition) is 1. The molecule has 0 bridgehead atoms. The summed E-state index contributed by atoms with van der Waals surface area (Å²) in [5.41, 5.74) is 4.37. The van der Waals surface area contributed by atoms with Gasteiger partial charge in [-0.1, -0.05) is 45.8 Å². The monoisotopic (exact) mass is 424 g/mol. The van der Waals surface area contributed by atoms with Crippen LogP contribution in [0.5, 0.6) is 0 Å². The lowest BCUT2D eigenvalue weighted by atomic mass is 10.1. The predicted octanol–water partition coefficient (Wildman–Crippen LogP) is 5.66. The molecule has 2 aromatic carbocycles. The Balaban J connectivity index is 1.80. The minimum atomic E-state index is 0.0563. The number of aromatic nitrogens is 1. The van der Waals surface area contributed by atoms with E-state index in [-0.39, 0.29) is 11.9 Å². The summed E-state index contributed by atoms with van der Waals surface area (Å²) >= 11 is 3.43. The highest BCUT2D eigenvalue weighted by Crippen LogP contribution is 2.17. The van der Waals surface area contributed by atoms with E-state index in [1.54, 1.807) is 0 Å². The number of rotatable bonds is 6. The van der Waals surface area contributed by atoms with E-state index < -0.39 is 0 Å². The molecule has 0 fully saturated rings. The molecule has 3 aromatic rings. The molecule has 0 radical (unpaired) electrons. The zero-order chi connectivity index (χ0) is 19.4. The van der Waals surface area contributed by atoms with Gasteiger partial charge in [0.2, 0.25) is 0 Å². The van der Waals surface area contributed by atoms with Crippen LogP contribution in [0.2, 0.25) is 0 Å². The molecule has 27 heavy (non-hydrogen) atoms. The number of aryl methyl sites for hydroxylation is 1. The standard InChI is InChI=1S/C23H25BrN2O/c1-17(2)26(23(27)20-9-11-21(24)12-10-20)16-22-8-5-13-25(22)15-19-7-4-6-18(3)14-19/h4-14,17H,15-16H2,1-3H3. The normalized spacial score (nSPS) is 11.0. The topological polar surface area (TPSA) is 25.2 Å². The SMILES string of the molecule is Cc1cccc(Cn2cccc2CN(C(=O)c2ccc(Br)cc2)C(C)C)c1. The Labute approximate surface area is 169 Å². The predicted molar refractivity (Wildman–Crippen MR) is 114 cm³/mol. The van der Waals surface area contributed by atoms with Gasteiger partial charge in [-0.25, -0.2) is 0 Å². The Morgan fingerprint density at radius 2 is 1.81 bits per heavy atom. The van der Waals surface area contributed by atoms with E-state index >= 15 is 0 Å². The Bertz CT molecular complexity index is 912. The van der Waals surface area contributed by atoms with Gasteiger partial charge in [-0.05, 0) is 62.7 Å². The first-order valence-corrected chi connectivity index (χ1v) is 9.99. The lowest BCUT2D eigenvalue weighted by Crippen LogP contribution is -2.37. The third-order valence-electron chi connectivity index (χ3n) is 4.67. The molecule has 0 aliphatic carbocycles. The van der Waals surface area contributed by atoms with Crippen molar-refractivity contribution in [2.75, 3.05) is 0 Å². The molecular weight excluding hydrogens is 400 g/mol. The van der Waals surface area contributed by atoms with Gasteiger partial charge in [0, 0.05) is 34.5 Å². The van der Waals surface area contributed by atoms with Gasteiger partial charge in [-0.2, -0.15) is 0 Å². The number of carbonyl (C=O) groups is 1. The van der Waals surface area contributed by atoms with E-state index in [2.05, 4.69) is 77.8 Å². The summed E-state index contributed by atoms with van der Waals surface area (Å²) in [4.78, 5) is 15.0. The summed E-state index contributed by atoms with van der Waals surface area (Å²) in [6.07, 6.45) is 2.08. The molecule has 0 unspecified atom stereocenters. The van der Waals surface area contributed by atoms with Gasteiger partial charge in [-0.15, -0.1) is 0 Å². The highest BCUT2D eigenvalue weighted by Gasteiger charge is 2.20. The van der Waals surface area contributed by atoms with Crippen molar-refractivity contribution in [3.8, 4) is 0 Å². The average molecular weight is 425 g/mol. The van der Waals surface area contributed by atoms with Crippen LogP contribution in [-0.4, -0.2) is 21.4 Å². The van der Waals surface area contributed by atoms with Gasteiger partial charge < -0.3 is 9.47 Å². The maximum Gasteiger partial charge on any atom is 0.254 e. The molecule has 0 saturated heterocycles. The average Bonchev–Trinajstić information content (AvgIpc) is 3.06. The zero-order valence-electron chi connectivity index (χ0n) is 16.0. The van der Waals surface area contributed by atoms with Gasteiger partial charge >= 0.3 is 0 Å². The molecule has 3 nitrogen and oxygen atoms in total. The van der Waals surface area contributed by atoms with E-state index in [0.717, 1.165) is 16.7 Å². The molecule has 1 amide bonds. The molecule has 0 aliphatic heterocycles. The highest BCUT2D eigenvalue weighted by atomic mass is 79.9. The molecule has 4 heteroatoms. The van der Waals surface area contributed by atoms with Crippen molar-refractivity contribution in [3.63, 3.8) is 0 Å². The Morgan fingerprint density at radius 1 is 1.07 bits per heavy atom. The van der Waals surface area contributed by atoms with Crippen LogP contribution in [0, 0.1) is 6.92 Å². The van der Waals surface area contributed by atoms with E-state index in [9.17, 15) is 4.79 Å². The van der Waals surface area contributed by atoms with Crippen molar-refractivity contribution >= 4 is 21.8 Å². The van der Waals surface area contributed by atoms with Gasteiger partial charge in [0.1, 0.15) is 0 Å². The molecule has 0 spiro atoms. The molecule has 140 valence electrons. The van der Waals surface area contributed by atoms with Crippen LogP contribution in [0.15, 0.2) is 71.3 Å². The second-order valence-corrected chi connectivity index (χ2v) is 8.07. The number of benzene rings is 2. The molecule has 0 saturated carbocycles. The van der Waals surface area contributed by atoms with Gasteiger partial charge in [0.05, 0.1) is 6.54 Å². The Kier molecular flexibility index (Phi) is 6.17. The van der Waals surface area contributed by atoms with Crippen molar-refractivity contribution in [1.82, 2.24) is 9.47 Å². The van der Waals surface area contributed by atoms with Crippen LogP contribution in [0.1, 0.15) is 41.0 Å². The summed E-state index contributed by atoms with van der Waals surface area (Å²) in [6.45, 7) is 7.63. The second kappa shape index (κ2) is 8.57. The first-order chi connectivity index (χ1) is 12.9. The van der Waals surface area contributed by atoms with Gasteiger partial charge in [-0.3, -0.25) is 4.79 Å². The quantitative estimate of drug-likeness (QED) is 0.501. The van der Waals surface area contributed by atoms with Crippen molar-refractivity contribution in [3.05, 3.63) is 93.7 Å².